The van der Waals surface area contributed by atoms with Crippen molar-refractivity contribution in [1.29, 1.82) is 0 Å². The Balaban J connectivity index is 2.25. The highest BCUT2D eigenvalue weighted by molar-refractivity contribution is 5.76. The Morgan fingerprint density at radius 1 is 1.53 bits per heavy atom. The number of nitrogens with one attached hydrogen (secondary N) is 2. The third-order valence-corrected chi connectivity index (χ3v) is 2.27. The average Bonchev–Trinajstić information content (AvgIpc) is 2.28. The van der Waals surface area contributed by atoms with Gasteiger partial charge in [-0.05, 0) is 0 Å². The topological polar surface area (TPSA) is 50.4 Å². The maximum Gasteiger partial charge on any atom is 0.324 e. The summed E-state index contributed by atoms with van der Waals surface area (Å²) >= 11 is 0. The number of alkyl halides is 4. The van der Waals surface area contributed by atoms with Gasteiger partial charge < -0.3 is 15.4 Å². The number of rotatable bonds is 5. The molecule has 0 aromatic heterocycles. The minimum absolute atomic E-state index is 0.0701. The van der Waals surface area contributed by atoms with E-state index in [0.717, 1.165) is 0 Å². The van der Waals surface area contributed by atoms with E-state index in [-0.39, 0.29) is 12.5 Å². The largest absolute Gasteiger partial charge is 0.378 e. The van der Waals surface area contributed by atoms with Crippen molar-refractivity contribution < 1.29 is 27.1 Å². The molecular formula is C9H14F4N2O2. The van der Waals surface area contributed by atoms with Crippen LogP contribution in [0.3, 0.4) is 0 Å². The fourth-order valence-corrected chi connectivity index (χ4v) is 1.34. The van der Waals surface area contributed by atoms with Gasteiger partial charge in [0.1, 0.15) is 0 Å². The summed E-state index contributed by atoms with van der Waals surface area (Å²) in [5.74, 6) is -4.89. The van der Waals surface area contributed by atoms with E-state index in [1.165, 1.54) is 0 Å². The van der Waals surface area contributed by atoms with E-state index in [0.29, 0.717) is 19.8 Å². The monoisotopic (exact) mass is 258 g/mol. The number of carbonyl (C=O) groups excluding carboxylic acids is 1. The van der Waals surface area contributed by atoms with Crippen molar-refractivity contribution in [3.05, 3.63) is 0 Å². The van der Waals surface area contributed by atoms with Crippen LogP contribution in [0.4, 0.5) is 17.6 Å². The molecule has 2 N–H and O–H groups in total. The molecule has 0 aliphatic carbocycles. The van der Waals surface area contributed by atoms with Crippen LogP contribution in [0.1, 0.15) is 6.42 Å². The molecule has 1 rings (SSSR count). The lowest BCUT2D eigenvalue weighted by Gasteiger charge is -2.23. The Bertz CT molecular complexity index is 257. The van der Waals surface area contributed by atoms with Gasteiger partial charge in [0.2, 0.25) is 5.91 Å². The van der Waals surface area contributed by atoms with Crippen molar-refractivity contribution in [2.24, 2.45) is 0 Å². The van der Waals surface area contributed by atoms with Gasteiger partial charge in [-0.2, -0.15) is 8.78 Å². The van der Waals surface area contributed by atoms with Crippen LogP contribution in [0, 0.1) is 0 Å². The molecule has 0 spiro atoms. The molecule has 0 radical (unpaired) electrons. The summed E-state index contributed by atoms with van der Waals surface area (Å²) in [5.41, 5.74) is 0. The van der Waals surface area contributed by atoms with Gasteiger partial charge in [-0.1, -0.05) is 0 Å². The Hall–Kier alpha value is -0.890. The highest BCUT2D eigenvalue weighted by atomic mass is 19.3. The molecule has 4 nitrogen and oxygen atoms in total. The van der Waals surface area contributed by atoms with Crippen LogP contribution in [0.25, 0.3) is 0 Å². The average molecular weight is 258 g/mol. The molecule has 1 amide bonds. The lowest BCUT2D eigenvalue weighted by molar-refractivity contribution is -0.137. The third-order valence-electron chi connectivity index (χ3n) is 2.27. The molecular weight excluding hydrogens is 244 g/mol. The molecule has 0 bridgehead atoms. The summed E-state index contributed by atoms with van der Waals surface area (Å²) in [6.07, 6.45) is -3.85. The van der Waals surface area contributed by atoms with Gasteiger partial charge in [0, 0.05) is 19.0 Å². The summed E-state index contributed by atoms with van der Waals surface area (Å²) in [5, 5.41) is 4.74. The molecule has 0 aromatic rings. The molecule has 100 valence electrons. The number of carbonyl (C=O) groups is 1. The summed E-state index contributed by atoms with van der Waals surface area (Å²) in [6, 6.07) is -0.260. The Labute approximate surface area is 95.7 Å². The molecule has 8 heteroatoms. The Morgan fingerprint density at radius 2 is 2.24 bits per heavy atom. The van der Waals surface area contributed by atoms with Crippen LogP contribution in [-0.4, -0.2) is 50.6 Å². The van der Waals surface area contributed by atoms with Crippen molar-refractivity contribution in [2.45, 2.75) is 24.8 Å². The maximum atomic E-state index is 12.5. The van der Waals surface area contributed by atoms with Crippen molar-refractivity contribution in [3.8, 4) is 0 Å². The van der Waals surface area contributed by atoms with Gasteiger partial charge in [0.15, 0.2) is 0 Å². The summed E-state index contributed by atoms with van der Waals surface area (Å²) in [4.78, 5) is 11.2. The second-order valence-corrected chi connectivity index (χ2v) is 3.77. The van der Waals surface area contributed by atoms with Crippen LogP contribution >= 0.6 is 0 Å². The molecule has 1 saturated heterocycles. The number of amides is 1. The molecule has 1 heterocycles. The first kappa shape index (κ1) is 14.2. The predicted octanol–water partition coefficient (Wildman–Crippen LogP) is 0.382. The standard InChI is InChI=1S/C9H14F4N2O2/c10-8(11)9(12,13)5-15-7(16)3-6-4-17-2-1-14-6/h6,8,14H,1-5H2,(H,15,16). The van der Waals surface area contributed by atoms with Crippen molar-refractivity contribution in [3.63, 3.8) is 0 Å². The van der Waals surface area contributed by atoms with E-state index in [2.05, 4.69) is 5.32 Å². The molecule has 1 aliphatic heterocycles. The van der Waals surface area contributed by atoms with E-state index in [9.17, 15) is 22.4 Å². The molecule has 0 saturated carbocycles. The summed E-state index contributed by atoms with van der Waals surface area (Å²) in [7, 11) is 0. The van der Waals surface area contributed by atoms with Crippen LogP contribution < -0.4 is 10.6 Å². The molecule has 1 atom stereocenters. The normalized spacial score (nSPS) is 21.6. The molecule has 17 heavy (non-hydrogen) atoms. The van der Waals surface area contributed by atoms with Gasteiger partial charge in [0.05, 0.1) is 19.8 Å². The fraction of sp³-hybridized carbons (Fsp3) is 0.889. The number of halogens is 4. The van der Waals surface area contributed by atoms with Gasteiger partial charge in [-0.15, -0.1) is 0 Å². The van der Waals surface area contributed by atoms with Crippen molar-refractivity contribution >= 4 is 5.91 Å². The number of ether oxygens (including phenoxy) is 1. The highest BCUT2D eigenvalue weighted by Gasteiger charge is 2.40. The molecule has 1 fully saturated rings. The maximum absolute atomic E-state index is 12.5. The van der Waals surface area contributed by atoms with E-state index in [4.69, 9.17) is 4.74 Å². The van der Waals surface area contributed by atoms with E-state index in [1.807, 2.05) is 0 Å². The zero-order chi connectivity index (χ0) is 12.9. The van der Waals surface area contributed by atoms with Gasteiger partial charge >= 0.3 is 12.3 Å². The van der Waals surface area contributed by atoms with Crippen LogP contribution in [0.5, 0.6) is 0 Å². The minimum Gasteiger partial charge on any atom is -0.378 e. The van der Waals surface area contributed by atoms with Gasteiger partial charge in [-0.3, -0.25) is 4.79 Å². The zero-order valence-corrected chi connectivity index (χ0v) is 9.02. The Morgan fingerprint density at radius 3 is 2.76 bits per heavy atom. The number of hydrogen-bond acceptors (Lipinski definition) is 3. The minimum atomic E-state index is -4.19. The highest BCUT2D eigenvalue weighted by Crippen LogP contribution is 2.21. The van der Waals surface area contributed by atoms with E-state index >= 15 is 0 Å². The number of morpholine rings is 1. The third kappa shape index (κ3) is 4.86. The number of hydrogen-bond donors (Lipinski definition) is 2. The molecule has 1 aliphatic rings. The molecule has 1 unspecified atom stereocenters. The van der Waals surface area contributed by atoms with E-state index < -0.39 is 24.8 Å². The first-order valence-corrected chi connectivity index (χ1v) is 5.15. The second-order valence-electron chi connectivity index (χ2n) is 3.77. The van der Waals surface area contributed by atoms with Crippen molar-refractivity contribution in [1.82, 2.24) is 10.6 Å². The van der Waals surface area contributed by atoms with E-state index in [1.54, 1.807) is 5.32 Å². The lowest BCUT2D eigenvalue weighted by atomic mass is 10.2. The van der Waals surface area contributed by atoms with Gasteiger partial charge in [-0.25, -0.2) is 8.78 Å². The SMILES string of the molecule is O=C(CC1COCCN1)NCC(F)(F)C(F)F. The van der Waals surface area contributed by atoms with Crippen LogP contribution in [-0.2, 0) is 9.53 Å². The van der Waals surface area contributed by atoms with Crippen LogP contribution in [0.15, 0.2) is 0 Å². The molecule has 0 aromatic carbocycles. The first-order valence-electron chi connectivity index (χ1n) is 5.15. The summed E-state index contributed by atoms with van der Waals surface area (Å²) in [6.45, 7) is 0.0580. The fourth-order valence-electron chi connectivity index (χ4n) is 1.34. The van der Waals surface area contributed by atoms with Crippen molar-refractivity contribution in [2.75, 3.05) is 26.3 Å². The Kier molecular flexibility index (Phi) is 5.13. The quantitative estimate of drug-likeness (QED) is 0.701. The van der Waals surface area contributed by atoms with Gasteiger partial charge in [0.25, 0.3) is 0 Å². The van der Waals surface area contributed by atoms with Crippen LogP contribution in [0.2, 0.25) is 0 Å². The first-order chi connectivity index (χ1) is 7.92. The predicted molar refractivity (Wildman–Crippen MR) is 51.2 cm³/mol. The summed E-state index contributed by atoms with van der Waals surface area (Å²) < 4.78 is 53.6. The lowest BCUT2D eigenvalue weighted by Crippen LogP contribution is -2.46. The second kappa shape index (κ2) is 6.15. The zero-order valence-electron chi connectivity index (χ0n) is 9.02. The smallest absolute Gasteiger partial charge is 0.324 e.